The van der Waals surface area contributed by atoms with Crippen molar-refractivity contribution in [2.24, 2.45) is 0 Å². The Morgan fingerprint density at radius 3 is 2.74 bits per heavy atom. The van der Waals surface area contributed by atoms with E-state index in [4.69, 9.17) is 10.00 Å². The molecule has 1 N–H and O–H groups in total. The van der Waals surface area contributed by atoms with E-state index < -0.39 is 23.3 Å². The molecule has 0 spiro atoms. The van der Waals surface area contributed by atoms with Crippen molar-refractivity contribution < 1.29 is 18.8 Å². The topological polar surface area (TPSA) is 105 Å². The fourth-order valence-corrected chi connectivity index (χ4v) is 1.75. The van der Waals surface area contributed by atoms with Crippen molar-refractivity contribution in [3.63, 3.8) is 0 Å². The second-order valence-corrected chi connectivity index (χ2v) is 4.36. The van der Waals surface area contributed by atoms with Gasteiger partial charge in [0, 0.05) is 12.1 Å². The highest BCUT2D eigenvalue weighted by Crippen LogP contribution is 2.23. The van der Waals surface area contributed by atoms with E-state index in [1.54, 1.807) is 12.1 Å². The molecule has 0 unspecified atom stereocenters. The summed E-state index contributed by atoms with van der Waals surface area (Å²) in [5.41, 5.74) is -0.343. The van der Waals surface area contributed by atoms with Crippen LogP contribution in [0.4, 0.5) is 15.8 Å². The molecule has 0 saturated heterocycles. The number of rotatable bonds is 5. The van der Waals surface area contributed by atoms with Gasteiger partial charge < -0.3 is 10.1 Å². The first-order valence-corrected chi connectivity index (χ1v) is 6.37. The summed E-state index contributed by atoms with van der Waals surface area (Å²) in [6.07, 6.45) is 0. The maximum atomic E-state index is 13.4. The minimum absolute atomic E-state index is 0.0390. The lowest BCUT2D eigenvalue weighted by atomic mass is 10.2. The molecule has 0 atom stereocenters. The summed E-state index contributed by atoms with van der Waals surface area (Å²) in [6.45, 7) is -0.461. The summed E-state index contributed by atoms with van der Waals surface area (Å²) in [5, 5.41) is 21.8. The van der Waals surface area contributed by atoms with Gasteiger partial charge >= 0.3 is 0 Å². The van der Waals surface area contributed by atoms with Gasteiger partial charge in [0.25, 0.3) is 11.6 Å². The molecule has 8 heteroatoms. The molecule has 0 saturated carbocycles. The molecule has 116 valence electrons. The van der Waals surface area contributed by atoms with Crippen molar-refractivity contribution in [1.29, 1.82) is 5.26 Å². The van der Waals surface area contributed by atoms with E-state index in [1.165, 1.54) is 30.3 Å². The smallest absolute Gasteiger partial charge is 0.292 e. The van der Waals surface area contributed by atoms with Gasteiger partial charge in [-0.25, -0.2) is 4.39 Å². The van der Waals surface area contributed by atoms with E-state index in [2.05, 4.69) is 5.32 Å². The Kier molecular flexibility index (Phi) is 4.84. The number of halogens is 1. The predicted octanol–water partition coefficient (Wildman–Crippen LogP) is 2.62. The summed E-state index contributed by atoms with van der Waals surface area (Å²) in [4.78, 5) is 22.0. The van der Waals surface area contributed by atoms with Crippen molar-refractivity contribution in [3.05, 3.63) is 64.0 Å². The average Bonchev–Trinajstić information content (AvgIpc) is 2.53. The number of amides is 1. The van der Waals surface area contributed by atoms with E-state index in [-0.39, 0.29) is 22.7 Å². The lowest BCUT2D eigenvalue weighted by Crippen LogP contribution is -2.20. The van der Waals surface area contributed by atoms with Gasteiger partial charge in [-0.05, 0) is 18.2 Å². The quantitative estimate of drug-likeness (QED) is 0.674. The molecule has 0 aromatic heterocycles. The van der Waals surface area contributed by atoms with E-state index in [0.717, 1.165) is 6.07 Å². The van der Waals surface area contributed by atoms with Crippen molar-refractivity contribution in [2.45, 2.75) is 0 Å². The number of nitro groups is 1. The lowest BCUT2D eigenvalue weighted by molar-refractivity contribution is -0.383. The van der Waals surface area contributed by atoms with Crippen LogP contribution < -0.4 is 10.1 Å². The first-order valence-electron chi connectivity index (χ1n) is 6.37. The lowest BCUT2D eigenvalue weighted by Gasteiger charge is -2.08. The van der Waals surface area contributed by atoms with Gasteiger partial charge in [0.2, 0.25) is 0 Å². The van der Waals surface area contributed by atoms with Crippen LogP contribution in [0.25, 0.3) is 0 Å². The Bertz CT molecular complexity index is 802. The largest absolute Gasteiger partial charge is 0.484 e. The van der Waals surface area contributed by atoms with Crippen LogP contribution in [0.5, 0.6) is 5.75 Å². The molecule has 1 amide bonds. The number of anilines is 1. The maximum Gasteiger partial charge on any atom is 0.292 e. The summed E-state index contributed by atoms with van der Waals surface area (Å²) in [5.74, 6) is -1.33. The monoisotopic (exact) mass is 315 g/mol. The second-order valence-electron chi connectivity index (χ2n) is 4.36. The molecule has 2 rings (SSSR count). The van der Waals surface area contributed by atoms with Crippen LogP contribution in [0.2, 0.25) is 0 Å². The molecule has 0 bridgehead atoms. The molecular formula is C15H10FN3O4. The van der Waals surface area contributed by atoms with Gasteiger partial charge in [-0.15, -0.1) is 0 Å². The fourth-order valence-electron chi connectivity index (χ4n) is 1.75. The number of hydrogen-bond donors (Lipinski definition) is 1. The highest BCUT2D eigenvalue weighted by Gasteiger charge is 2.15. The Labute approximate surface area is 130 Å². The third-order valence-corrected chi connectivity index (χ3v) is 2.81. The van der Waals surface area contributed by atoms with Crippen LogP contribution in [0, 0.1) is 27.3 Å². The molecule has 0 aliphatic rings. The number of ether oxygens (including phenoxy) is 1. The van der Waals surface area contributed by atoms with Crippen molar-refractivity contribution in [1.82, 2.24) is 0 Å². The highest BCUT2D eigenvalue weighted by molar-refractivity contribution is 5.94. The third kappa shape index (κ3) is 4.01. The van der Waals surface area contributed by atoms with Gasteiger partial charge in [-0.2, -0.15) is 5.26 Å². The minimum Gasteiger partial charge on any atom is -0.484 e. The van der Waals surface area contributed by atoms with E-state index in [1.807, 2.05) is 0 Å². The first kappa shape index (κ1) is 15.9. The number of hydrogen-bond acceptors (Lipinski definition) is 5. The van der Waals surface area contributed by atoms with E-state index in [9.17, 15) is 19.3 Å². The molecule has 2 aromatic carbocycles. The number of para-hydroxylation sites is 2. The van der Waals surface area contributed by atoms with Gasteiger partial charge in [-0.1, -0.05) is 12.1 Å². The molecule has 0 aliphatic carbocycles. The number of nitro benzene ring substituents is 1. The van der Waals surface area contributed by atoms with Gasteiger partial charge in [-0.3, -0.25) is 14.9 Å². The van der Waals surface area contributed by atoms with Crippen LogP contribution in [-0.2, 0) is 4.79 Å². The van der Waals surface area contributed by atoms with Gasteiger partial charge in [0.05, 0.1) is 10.5 Å². The molecule has 7 nitrogen and oxygen atoms in total. The molecule has 0 heterocycles. The van der Waals surface area contributed by atoms with E-state index in [0.29, 0.717) is 0 Å². The van der Waals surface area contributed by atoms with Crippen LogP contribution in [0.3, 0.4) is 0 Å². The molecule has 0 radical (unpaired) electrons. The fraction of sp³-hybridized carbons (Fsp3) is 0.0667. The molecule has 2 aromatic rings. The summed E-state index contributed by atoms with van der Waals surface area (Å²) in [7, 11) is 0. The Morgan fingerprint density at radius 1 is 1.35 bits per heavy atom. The number of nitriles is 1. The molecular weight excluding hydrogens is 305 g/mol. The number of nitrogens with one attached hydrogen (secondary N) is 1. The zero-order valence-electron chi connectivity index (χ0n) is 11.7. The van der Waals surface area contributed by atoms with Crippen molar-refractivity contribution in [3.8, 4) is 11.8 Å². The first-order chi connectivity index (χ1) is 11.0. The van der Waals surface area contributed by atoms with E-state index >= 15 is 0 Å². The summed E-state index contributed by atoms with van der Waals surface area (Å²) < 4.78 is 18.5. The molecule has 23 heavy (non-hydrogen) atoms. The van der Waals surface area contributed by atoms with Crippen molar-refractivity contribution in [2.75, 3.05) is 11.9 Å². The Balaban J connectivity index is 2.00. The minimum atomic E-state index is -0.760. The zero-order chi connectivity index (χ0) is 16.8. The zero-order valence-corrected chi connectivity index (χ0v) is 11.7. The average molecular weight is 315 g/mol. The number of benzene rings is 2. The van der Waals surface area contributed by atoms with Gasteiger partial charge in [0.1, 0.15) is 23.3 Å². The van der Waals surface area contributed by atoms with Gasteiger partial charge in [0.15, 0.2) is 6.61 Å². The van der Waals surface area contributed by atoms with Crippen LogP contribution in [-0.4, -0.2) is 17.4 Å². The highest BCUT2D eigenvalue weighted by atomic mass is 19.1. The maximum absolute atomic E-state index is 13.4. The van der Waals surface area contributed by atoms with Crippen LogP contribution in [0.15, 0.2) is 42.5 Å². The third-order valence-electron chi connectivity index (χ3n) is 2.81. The SMILES string of the molecule is N#Cc1ccc(OCC(=O)Nc2ccccc2[N+](=O)[O-])cc1F. The van der Waals surface area contributed by atoms with Crippen LogP contribution in [0.1, 0.15) is 5.56 Å². The molecule has 0 aliphatic heterocycles. The van der Waals surface area contributed by atoms with Crippen molar-refractivity contribution >= 4 is 17.3 Å². The number of nitrogens with zero attached hydrogens (tertiary/aromatic N) is 2. The number of carbonyl (C=O) groups is 1. The molecule has 0 fully saturated rings. The Morgan fingerprint density at radius 2 is 2.09 bits per heavy atom. The normalized spacial score (nSPS) is 9.74. The summed E-state index contributed by atoms with van der Waals surface area (Å²) in [6, 6.07) is 10.9. The summed E-state index contributed by atoms with van der Waals surface area (Å²) >= 11 is 0. The standard InChI is InChI=1S/C15H10FN3O4/c16-12-7-11(6-5-10(12)8-17)23-9-15(20)18-13-3-1-2-4-14(13)19(21)22/h1-7H,9H2,(H,18,20). The predicted molar refractivity (Wildman–Crippen MR) is 78.3 cm³/mol. The number of carbonyl (C=O) groups excluding carboxylic acids is 1. The Hall–Kier alpha value is -3.47. The second kappa shape index (κ2) is 7.00. The van der Waals surface area contributed by atoms with Crippen LogP contribution >= 0.6 is 0 Å².